The van der Waals surface area contributed by atoms with Crippen molar-refractivity contribution in [1.29, 1.82) is 0 Å². The Morgan fingerprint density at radius 3 is 2.84 bits per heavy atom. The fraction of sp³-hybridized carbons (Fsp3) is 0.571. The molecule has 0 bridgehead atoms. The third kappa shape index (κ3) is 3.22. The summed E-state index contributed by atoms with van der Waals surface area (Å²) in [7, 11) is 1.72. The molecule has 0 saturated carbocycles. The zero-order valence-corrected chi connectivity index (χ0v) is 12.6. The fourth-order valence-electron chi connectivity index (χ4n) is 2.01. The number of rotatable bonds is 7. The molecule has 1 atom stereocenters. The number of nitrogens with one attached hydrogen (secondary N) is 1. The van der Waals surface area contributed by atoms with Crippen LogP contribution in [0.5, 0.6) is 0 Å². The molecule has 2 heterocycles. The number of hydrogen-bond acceptors (Lipinski definition) is 5. The molecule has 2 aromatic heterocycles. The Morgan fingerprint density at radius 2 is 2.16 bits per heavy atom. The van der Waals surface area contributed by atoms with E-state index >= 15 is 0 Å². The number of anilines is 1. The highest BCUT2D eigenvalue weighted by atomic mass is 32.1. The average molecular weight is 279 g/mol. The Kier molecular flexibility index (Phi) is 5.10. The van der Waals surface area contributed by atoms with E-state index in [0.29, 0.717) is 0 Å². The van der Waals surface area contributed by atoms with E-state index in [0.717, 1.165) is 47.7 Å². The largest absolute Gasteiger partial charge is 0.373 e. The SMILES string of the molecule is CCCNc1nc(C(CCC)OC)nc2sccc12. The Balaban J connectivity index is 2.38. The highest BCUT2D eigenvalue weighted by Gasteiger charge is 2.16. The Bertz CT molecular complexity index is 526. The molecular weight excluding hydrogens is 258 g/mol. The van der Waals surface area contributed by atoms with Gasteiger partial charge in [0, 0.05) is 13.7 Å². The molecule has 0 saturated heterocycles. The summed E-state index contributed by atoms with van der Waals surface area (Å²) in [5.74, 6) is 1.72. The molecule has 1 unspecified atom stereocenters. The van der Waals surface area contributed by atoms with E-state index in [1.807, 2.05) is 0 Å². The van der Waals surface area contributed by atoms with Gasteiger partial charge in [0.15, 0.2) is 5.82 Å². The average Bonchev–Trinajstić information content (AvgIpc) is 2.90. The lowest BCUT2D eigenvalue weighted by molar-refractivity contribution is 0.0881. The first-order valence-corrected chi connectivity index (χ1v) is 7.69. The minimum atomic E-state index is -0.0151. The zero-order chi connectivity index (χ0) is 13.7. The molecule has 2 aromatic rings. The standard InChI is InChI=1S/C14H21N3OS/c1-4-6-11(18-3)13-16-12(15-8-5-2)10-7-9-19-14(10)17-13/h7,9,11H,4-6,8H2,1-3H3,(H,15,16,17). The molecule has 104 valence electrons. The number of thiophene rings is 1. The summed E-state index contributed by atoms with van der Waals surface area (Å²) in [6.45, 7) is 5.22. The fourth-order valence-corrected chi connectivity index (χ4v) is 2.78. The van der Waals surface area contributed by atoms with Gasteiger partial charge in [-0.15, -0.1) is 11.3 Å². The quantitative estimate of drug-likeness (QED) is 0.832. The van der Waals surface area contributed by atoms with Gasteiger partial charge in [-0.05, 0) is 24.3 Å². The first kappa shape index (κ1) is 14.2. The molecule has 0 amide bonds. The molecule has 0 aromatic carbocycles. The number of nitrogens with zero attached hydrogens (tertiary/aromatic N) is 2. The lowest BCUT2D eigenvalue weighted by atomic mass is 10.2. The van der Waals surface area contributed by atoms with Crippen LogP contribution in [0.3, 0.4) is 0 Å². The molecule has 0 aliphatic carbocycles. The third-order valence-corrected chi connectivity index (χ3v) is 3.81. The van der Waals surface area contributed by atoms with Crippen molar-refractivity contribution >= 4 is 27.4 Å². The van der Waals surface area contributed by atoms with Crippen LogP contribution in [0.25, 0.3) is 10.2 Å². The van der Waals surface area contributed by atoms with Gasteiger partial charge in [0.1, 0.15) is 16.8 Å². The predicted molar refractivity (Wildman–Crippen MR) is 80.9 cm³/mol. The molecule has 1 N–H and O–H groups in total. The molecular formula is C14H21N3OS. The molecule has 0 fully saturated rings. The predicted octanol–water partition coefficient (Wildman–Crippen LogP) is 4.00. The molecule has 5 heteroatoms. The number of ether oxygens (including phenoxy) is 1. The third-order valence-electron chi connectivity index (χ3n) is 3.01. The van der Waals surface area contributed by atoms with Crippen molar-refractivity contribution in [3.05, 3.63) is 17.3 Å². The lowest BCUT2D eigenvalue weighted by Crippen LogP contribution is -2.10. The summed E-state index contributed by atoms with van der Waals surface area (Å²) >= 11 is 1.65. The molecule has 0 aliphatic heterocycles. The topological polar surface area (TPSA) is 47.0 Å². The van der Waals surface area contributed by atoms with E-state index in [-0.39, 0.29) is 6.10 Å². The van der Waals surface area contributed by atoms with E-state index in [1.54, 1.807) is 18.4 Å². The van der Waals surface area contributed by atoms with Crippen LogP contribution in [-0.4, -0.2) is 23.6 Å². The molecule has 2 rings (SSSR count). The minimum Gasteiger partial charge on any atom is -0.373 e. The van der Waals surface area contributed by atoms with Crippen molar-refractivity contribution < 1.29 is 4.74 Å². The van der Waals surface area contributed by atoms with Crippen LogP contribution in [0.15, 0.2) is 11.4 Å². The van der Waals surface area contributed by atoms with Gasteiger partial charge in [-0.1, -0.05) is 20.3 Å². The van der Waals surface area contributed by atoms with Crippen molar-refractivity contribution in [3.63, 3.8) is 0 Å². The van der Waals surface area contributed by atoms with Crippen LogP contribution in [0.1, 0.15) is 45.0 Å². The van der Waals surface area contributed by atoms with E-state index in [1.165, 1.54) is 0 Å². The number of hydrogen-bond donors (Lipinski definition) is 1. The maximum Gasteiger partial charge on any atom is 0.161 e. The highest BCUT2D eigenvalue weighted by Crippen LogP contribution is 2.28. The van der Waals surface area contributed by atoms with Crippen molar-refractivity contribution in [1.82, 2.24) is 9.97 Å². The summed E-state index contributed by atoms with van der Waals surface area (Å²) in [5, 5.41) is 6.55. The maximum atomic E-state index is 5.51. The van der Waals surface area contributed by atoms with Gasteiger partial charge in [0.05, 0.1) is 5.39 Å². The van der Waals surface area contributed by atoms with Gasteiger partial charge in [-0.25, -0.2) is 9.97 Å². The molecule has 0 spiro atoms. The van der Waals surface area contributed by atoms with Gasteiger partial charge in [-0.2, -0.15) is 0 Å². The van der Waals surface area contributed by atoms with Crippen molar-refractivity contribution in [2.24, 2.45) is 0 Å². The zero-order valence-electron chi connectivity index (χ0n) is 11.8. The Morgan fingerprint density at radius 1 is 1.32 bits per heavy atom. The highest BCUT2D eigenvalue weighted by molar-refractivity contribution is 7.16. The normalized spacial score (nSPS) is 12.8. The second-order valence-corrected chi connectivity index (χ2v) is 5.40. The Hall–Kier alpha value is -1.20. The first-order chi connectivity index (χ1) is 9.30. The minimum absolute atomic E-state index is 0.0151. The summed E-state index contributed by atoms with van der Waals surface area (Å²) in [4.78, 5) is 10.3. The summed E-state index contributed by atoms with van der Waals surface area (Å²) < 4.78 is 5.51. The van der Waals surface area contributed by atoms with Crippen LogP contribution in [0, 0.1) is 0 Å². The second-order valence-electron chi connectivity index (χ2n) is 4.51. The van der Waals surface area contributed by atoms with E-state index in [4.69, 9.17) is 4.74 Å². The van der Waals surface area contributed by atoms with Crippen molar-refractivity contribution in [3.8, 4) is 0 Å². The monoisotopic (exact) mass is 279 g/mol. The van der Waals surface area contributed by atoms with E-state index in [9.17, 15) is 0 Å². The van der Waals surface area contributed by atoms with Crippen LogP contribution in [0.4, 0.5) is 5.82 Å². The van der Waals surface area contributed by atoms with Gasteiger partial charge in [-0.3, -0.25) is 0 Å². The Labute approximate surface area is 118 Å². The van der Waals surface area contributed by atoms with Crippen LogP contribution in [-0.2, 0) is 4.74 Å². The van der Waals surface area contributed by atoms with Gasteiger partial charge in [0.25, 0.3) is 0 Å². The number of fused-ring (bicyclic) bond motifs is 1. The van der Waals surface area contributed by atoms with Crippen LogP contribution >= 0.6 is 11.3 Å². The maximum absolute atomic E-state index is 5.51. The first-order valence-electron chi connectivity index (χ1n) is 6.81. The smallest absolute Gasteiger partial charge is 0.161 e. The van der Waals surface area contributed by atoms with E-state index < -0.39 is 0 Å². The molecule has 0 aliphatic rings. The lowest BCUT2D eigenvalue weighted by Gasteiger charge is -2.14. The van der Waals surface area contributed by atoms with E-state index in [2.05, 4.69) is 40.6 Å². The van der Waals surface area contributed by atoms with Gasteiger partial charge in [0.2, 0.25) is 0 Å². The van der Waals surface area contributed by atoms with Crippen LogP contribution < -0.4 is 5.32 Å². The number of aromatic nitrogens is 2. The molecule has 4 nitrogen and oxygen atoms in total. The summed E-state index contributed by atoms with van der Waals surface area (Å²) in [6, 6.07) is 2.07. The van der Waals surface area contributed by atoms with Crippen molar-refractivity contribution in [2.45, 2.75) is 39.2 Å². The summed E-state index contributed by atoms with van der Waals surface area (Å²) in [5.41, 5.74) is 0. The van der Waals surface area contributed by atoms with Crippen LogP contribution in [0.2, 0.25) is 0 Å². The van der Waals surface area contributed by atoms with Crippen molar-refractivity contribution in [2.75, 3.05) is 19.0 Å². The van der Waals surface area contributed by atoms with Gasteiger partial charge >= 0.3 is 0 Å². The van der Waals surface area contributed by atoms with Gasteiger partial charge < -0.3 is 10.1 Å². The summed E-state index contributed by atoms with van der Waals surface area (Å²) in [6.07, 6.45) is 3.06. The molecule has 0 radical (unpaired) electrons. The number of methoxy groups -OCH3 is 1. The second kappa shape index (κ2) is 6.82. The molecule has 19 heavy (non-hydrogen) atoms.